The third-order valence-corrected chi connectivity index (χ3v) is 7.67. The Morgan fingerprint density at radius 1 is 1.03 bits per heavy atom. The Bertz CT molecular complexity index is 1090. The topological polar surface area (TPSA) is 75.6 Å². The van der Waals surface area contributed by atoms with Crippen molar-refractivity contribution in [2.45, 2.75) is 11.3 Å². The van der Waals surface area contributed by atoms with Crippen LogP contribution in [0.4, 0.5) is 9.52 Å². The minimum absolute atomic E-state index is 0.259. The Balaban J connectivity index is 1.38. The van der Waals surface area contributed by atoms with E-state index in [1.807, 2.05) is 4.90 Å². The SMILES string of the molecule is COc1ccc(S(=O)(=O)N2CCN(c3nc(Cc4ccc(F)cc4)ns3)CC2)cc1. The molecule has 0 N–H and O–H groups in total. The molecule has 1 aliphatic rings. The molecule has 0 atom stereocenters. The molecule has 3 aromatic rings. The van der Waals surface area contributed by atoms with Crippen molar-refractivity contribution < 1.29 is 17.5 Å². The van der Waals surface area contributed by atoms with Gasteiger partial charge in [-0.25, -0.2) is 17.8 Å². The molecule has 0 bridgehead atoms. The van der Waals surface area contributed by atoms with Gasteiger partial charge in [0.25, 0.3) is 0 Å². The van der Waals surface area contributed by atoms with E-state index >= 15 is 0 Å². The van der Waals surface area contributed by atoms with Gasteiger partial charge in [-0.05, 0) is 42.0 Å². The third kappa shape index (κ3) is 4.45. The van der Waals surface area contributed by atoms with Crippen LogP contribution < -0.4 is 9.64 Å². The van der Waals surface area contributed by atoms with Gasteiger partial charge in [-0.15, -0.1) is 0 Å². The molecule has 1 aliphatic heterocycles. The van der Waals surface area contributed by atoms with Crippen molar-refractivity contribution >= 4 is 26.7 Å². The summed E-state index contributed by atoms with van der Waals surface area (Å²) in [5, 5.41) is 0.772. The zero-order chi connectivity index (χ0) is 21.1. The van der Waals surface area contributed by atoms with Crippen molar-refractivity contribution in [2.24, 2.45) is 0 Å². The fourth-order valence-electron chi connectivity index (χ4n) is 3.25. The lowest BCUT2D eigenvalue weighted by molar-refractivity contribution is 0.384. The number of hydrogen-bond donors (Lipinski definition) is 0. The fraction of sp³-hybridized carbons (Fsp3) is 0.300. The van der Waals surface area contributed by atoms with Crippen molar-refractivity contribution in [3.05, 3.63) is 65.7 Å². The van der Waals surface area contributed by atoms with Crippen LogP contribution in [0.1, 0.15) is 11.4 Å². The summed E-state index contributed by atoms with van der Waals surface area (Å²) in [6.07, 6.45) is 0.530. The number of ether oxygens (including phenoxy) is 1. The van der Waals surface area contributed by atoms with Crippen LogP contribution in [0, 0.1) is 5.82 Å². The van der Waals surface area contributed by atoms with Gasteiger partial charge in [0.2, 0.25) is 15.2 Å². The molecule has 10 heteroatoms. The minimum atomic E-state index is -3.54. The number of sulfonamides is 1. The molecule has 0 saturated carbocycles. The first-order valence-corrected chi connectivity index (χ1v) is 11.6. The maximum Gasteiger partial charge on any atom is 0.243 e. The molecule has 2 heterocycles. The van der Waals surface area contributed by atoms with E-state index in [9.17, 15) is 12.8 Å². The minimum Gasteiger partial charge on any atom is -0.497 e. The van der Waals surface area contributed by atoms with Gasteiger partial charge in [0.15, 0.2) is 0 Å². The zero-order valence-electron chi connectivity index (χ0n) is 16.4. The summed E-state index contributed by atoms with van der Waals surface area (Å²) in [7, 11) is -2.00. The van der Waals surface area contributed by atoms with Gasteiger partial charge >= 0.3 is 0 Å². The molecule has 158 valence electrons. The summed E-state index contributed by atoms with van der Waals surface area (Å²) in [4.78, 5) is 6.88. The van der Waals surface area contributed by atoms with Gasteiger partial charge in [-0.3, -0.25) is 0 Å². The number of piperazine rings is 1. The van der Waals surface area contributed by atoms with Crippen molar-refractivity contribution in [2.75, 3.05) is 38.2 Å². The van der Waals surface area contributed by atoms with E-state index in [1.165, 1.54) is 28.0 Å². The highest BCUT2D eigenvalue weighted by Crippen LogP contribution is 2.24. The monoisotopic (exact) mass is 448 g/mol. The summed E-state index contributed by atoms with van der Waals surface area (Å²) >= 11 is 1.30. The maximum atomic E-state index is 13.0. The molecule has 2 aromatic carbocycles. The molecule has 1 saturated heterocycles. The average Bonchev–Trinajstić information content (AvgIpc) is 3.24. The molecule has 0 amide bonds. The van der Waals surface area contributed by atoms with Gasteiger partial charge in [-0.1, -0.05) is 12.1 Å². The first-order valence-electron chi connectivity index (χ1n) is 9.42. The molecule has 0 unspecified atom stereocenters. The Kier molecular flexibility index (Phi) is 5.98. The third-order valence-electron chi connectivity index (χ3n) is 4.94. The molecule has 30 heavy (non-hydrogen) atoms. The predicted molar refractivity (Wildman–Crippen MR) is 113 cm³/mol. The van der Waals surface area contributed by atoms with E-state index in [-0.39, 0.29) is 10.7 Å². The van der Waals surface area contributed by atoms with Crippen molar-refractivity contribution in [1.29, 1.82) is 0 Å². The van der Waals surface area contributed by atoms with Gasteiger partial charge < -0.3 is 9.64 Å². The Hall–Kier alpha value is -2.56. The molecule has 0 spiro atoms. The summed E-state index contributed by atoms with van der Waals surface area (Å²) in [6.45, 7) is 1.84. The lowest BCUT2D eigenvalue weighted by Gasteiger charge is -2.33. The summed E-state index contributed by atoms with van der Waals surface area (Å²) in [5.74, 6) is 1.02. The van der Waals surface area contributed by atoms with E-state index in [4.69, 9.17) is 4.74 Å². The highest BCUT2D eigenvalue weighted by Gasteiger charge is 2.29. The highest BCUT2D eigenvalue weighted by atomic mass is 32.2. The van der Waals surface area contributed by atoms with E-state index in [0.29, 0.717) is 44.2 Å². The van der Waals surface area contributed by atoms with Crippen LogP contribution in [0.15, 0.2) is 53.4 Å². The smallest absolute Gasteiger partial charge is 0.243 e. The normalized spacial score (nSPS) is 15.3. The molecule has 7 nitrogen and oxygen atoms in total. The second-order valence-corrected chi connectivity index (χ2v) is 9.53. The Labute approximate surface area is 179 Å². The average molecular weight is 449 g/mol. The number of hydrogen-bond acceptors (Lipinski definition) is 7. The number of methoxy groups -OCH3 is 1. The van der Waals surface area contributed by atoms with Crippen LogP contribution in [0.3, 0.4) is 0 Å². The molecule has 0 aliphatic carbocycles. The van der Waals surface area contributed by atoms with E-state index in [0.717, 1.165) is 10.7 Å². The molecular weight excluding hydrogens is 427 g/mol. The molecular formula is C20H21FN4O3S2. The maximum absolute atomic E-state index is 13.0. The first kappa shape index (κ1) is 20.7. The summed E-state index contributed by atoms with van der Waals surface area (Å²) in [5.41, 5.74) is 0.941. The number of anilines is 1. The predicted octanol–water partition coefficient (Wildman–Crippen LogP) is 2.79. The number of aromatic nitrogens is 2. The number of halogens is 1. The number of nitrogens with zero attached hydrogens (tertiary/aromatic N) is 4. The Morgan fingerprint density at radius 3 is 2.33 bits per heavy atom. The van der Waals surface area contributed by atoms with Crippen LogP contribution in [0.5, 0.6) is 5.75 Å². The van der Waals surface area contributed by atoms with E-state index in [1.54, 1.807) is 43.5 Å². The van der Waals surface area contributed by atoms with Crippen molar-refractivity contribution in [1.82, 2.24) is 13.7 Å². The van der Waals surface area contributed by atoms with Gasteiger partial charge in [-0.2, -0.15) is 8.68 Å². The summed E-state index contributed by atoms with van der Waals surface area (Å²) < 4.78 is 49.8. The van der Waals surface area contributed by atoms with Crippen LogP contribution in [0.2, 0.25) is 0 Å². The second kappa shape index (κ2) is 8.66. The van der Waals surface area contributed by atoms with Crippen molar-refractivity contribution in [3.63, 3.8) is 0 Å². The molecule has 0 radical (unpaired) electrons. The van der Waals surface area contributed by atoms with Gasteiger partial charge in [0.1, 0.15) is 17.4 Å². The van der Waals surface area contributed by atoms with Crippen LogP contribution in [-0.4, -0.2) is 55.4 Å². The van der Waals surface area contributed by atoms with Gasteiger partial charge in [0.05, 0.1) is 12.0 Å². The first-order chi connectivity index (χ1) is 14.5. The second-order valence-electron chi connectivity index (χ2n) is 6.86. The zero-order valence-corrected chi connectivity index (χ0v) is 18.0. The summed E-state index contributed by atoms with van der Waals surface area (Å²) in [6, 6.07) is 12.7. The van der Waals surface area contributed by atoms with Crippen molar-refractivity contribution in [3.8, 4) is 5.75 Å². The molecule has 4 rings (SSSR count). The largest absolute Gasteiger partial charge is 0.497 e. The van der Waals surface area contributed by atoms with Crippen LogP contribution in [-0.2, 0) is 16.4 Å². The van der Waals surface area contributed by atoms with Crippen LogP contribution in [0.25, 0.3) is 0 Å². The van der Waals surface area contributed by atoms with E-state index in [2.05, 4.69) is 9.36 Å². The van der Waals surface area contributed by atoms with Crippen LogP contribution >= 0.6 is 11.5 Å². The highest BCUT2D eigenvalue weighted by molar-refractivity contribution is 7.89. The lowest BCUT2D eigenvalue weighted by Crippen LogP contribution is -2.48. The lowest BCUT2D eigenvalue weighted by atomic mass is 10.1. The Morgan fingerprint density at radius 2 is 1.70 bits per heavy atom. The number of rotatable bonds is 6. The standard InChI is InChI=1S/C20H21FN4O3S2/c1-28-17-6-8-18(9-7-17)30(26,27)25-12-10-24(11-13-25)20-22-19(23-29-20)14-15-2-4-16(21)5-3-15/h2-9H,10-14H2,1H3. The molecule has 1 fully saturated rings. The quantitative estimate of drug-likeness (QED) is 0.577. The fourth-order valence-corrected chi connectivity index (χ4v) is 5.41. The molecule has 1 aromatic heterocycles. The van der Waals surface area contributed by atoms with Gasteiger partial charge in [0, 0.05) is 44.1 Å². The number of benzene rings is 2. The van der Waals surface area contributed by atoms with E-state index < -0.39 is 10.0 Å².